The van der Waals surface area contributed by atoms with Crippen molar-refractivity contribution in [2.45, 2.75) is 25.8 Å². The van der Waals surface area contributed by atoms with Gasteiger partial charge in [-0.05, 0) is 38.9 Å². The molecule has 1 aromatic rings. The molecule has 6 nitrogen and oxygen atoms in total. The molecule has 1 amide bonds. The summed E-state index contributed by atoms with van der Waals surface area (Å²) in [6.45, 7) is 4.01. The van der Waals surface area contributed by atoms with E-state index < -0.39 is 16.4 Å². The van der Waals surface area contributed by atoms with Crippen LogP contribution in [0, 0.1) is 15.9 Å². The highest BCUT2D eigenvalue weighted by atomic mass is 19.1. The van der Waals surface area contributed by atoms with Gasteiger partial charge in [-0.25, -0.2) is 4.39 Å². The Morgan fingerprint density at radius 2 is 2.10 bits per heavy atom. The number of hydrogen-bond acceptors (Lipinski definition) is 4. The SMILES string of the molecule is CCN(C(=O)c1cc(F)cc([N+](=O)[O-])c1)C1CCNCC1. The highest BCUT2D eigenvalue weighted by Gasteiger charge is 2.26. The molecule has 1 N–H and O–H groups in total. The molecule has 114 valence electrons. The van der Waals surface area contributed by atoms with Crippen LogP contribution in [0.3, 0.4) is 0 Å². The Bertz CT molecular complexity index is 544. The lowest BCUT2D eigenvalue weighted by Crippen LogP contribution is -2.46. The zero-order valence-corrected chi connectivity index (χ0v) is 11.8. The van der Waals surface area contributed by atoms with Crippen molar-refractivity contribution in [3.63, 3.8) is 0 Å². The van der Waals surface area contributed by atoms with Crippen LogP contribution in [0.5, 0.6) is 0 Å². The lowest BCUT2D eigenvalue weighted by Gasteiger charge is -2.34. The summed E-state index contributed by atoms with van der Waals surface area (Å²) >= 11 is 0. The number of non-ortho nitro benzene ring substituents is 1. The summed E-state index contributed by atoms with van der Waals surface area (Å²) in [4.78, 5) is 24.3. The quantitative estimate of drug-likeness (QED) is 0.680. The molecule has 0 spiro atoms. The second kappa shape index (κ2) is 6.62. The maximum absolute atomic E-state index is 13.5. The smallest absolute Gasteiger partial charge is 0.273 e. The minimum atomic E-state index is -0.770. The molecule has 2 rings (SSSR count). The number of nitrogens with zero attached hydrogens (tertiary/aromatic N) is 2. The van der Waals surface area contributed by atoms with Crippen LogP contribution in [0.4, 0.5) is 10.1 Å². The van der Waals surface area contributed by atoms with Crippen LogP contribution in [0.25, 0.3) is 0 Å². The largest absolute Gasteiger partial charge is 0.336 e. The molecule has 1 aromatic carbocycles. The molecule has 0 aromatic heterocycles. The van der Waals surface area contributed by atoms with E-state index in [-0.39, 0.29) is 17.5 Å². The predicted molar refractivity (Wildman–Crippen MR) is 75.7 cm³/mol. The van der Waals surface area contributed by atoms with Crippen LogP contribution in [0.1, 0.15) is 30.1 Å². The van der Waals surface area contributed by atoms with E-state index in [9.17, 15) is 19.3 Å². The molecule has 0 bridgehead atoms. The number of halogens is 1. The van der Waals surface area contributed by atoms with Crippen molar-refractivity contribution in [2.24, 2.45) is 0 Å². The molecule has 7 heteroatoms. The number of benzene rings is 1. The van der Waals surface area contributed by atoms with E-state index in [4.69, 9.17) is 0 Å². The van der Waals surface area contributed by atoms with E-state index in [1.807, 2.05) is 6.92 Å². The maximum Gasteiger partial charge on any atom is 0.273 e. The number of nitro benzene ring substituents is 1. The van der Waals surface area contributed by atoms with Crippen LogP contribution >= 0.6 is 0 Å². The van der Waals surface area contributed by atoms with E-state index in [1.54, 1.807) is 4.90 Å². The molecule has 0 radical (unpaired) electrons. The number of rotatable bonds is 4. The summed E-state index contributed by atoms with van der Waals surface area (Å²) < 4.78 is 13.5. The molecule has 1 heterocycles. The van der Waals surface area contributed by atoms with Gasteiger partial charge in [0.25, 0.3) is 11.6 Å². The molecular weight excluding hydrogens is 277 g/mol. The van der Waals surface area contributed by atoms with Crippen molar-refractivity contribution in [1.29, 1.82) is 0 Å². The van der Waals surface area contributed by atoms with Gasteiger partial charge < -0.3 is 10.2 Å². The highest BCUT2D eigenvalue weighted by Crippen LogP contribution is 2.20. The first-order chi connectivity index (χ1) is 10.0. The van der Waals surface area contributed by atoms with Gasteiger partial charge in [-0.1, -0.05) is 0 Å². The Labute approximate surface area is 122 Å². The first-order valence-corrected chi connectivity index (χ1v) is 6.99. The number of hydrogen-bond donors (Lipinski definition) is 1. The van der Waals surface area contributed by atoms with E-state index in [0.717, 1.165) is 44.1 Å². The second-order valence-corrected chi connectivity index (χ2v) is 5.03. The number of nitro groups is 1. The monoisotopic (exact) mass is 295 g/mol. The fourth-order valence-corrected chi connectivity index (χ4v) is 2.65. The third kappa shape index (κ3) is 3.55. The van der Waals surface area contributed by atoms with Gasteiger partial charge in [0.1, 0.15) is 5.82 Å². The van der Waals surface area contributed by atoms with Gasteiger partial charge in [0, 0.05) is 24.2 Å². The molecular formula is C14H18FN3O3. The lowest BCUT2D eigenvalue weighted by atomic mass is 10.0. The minimum Gasteiger partial charge on any atom is -0.336 e. The highest BCUT2D eigenvalue weighted by molar-refractivity contribution is 5.95. The Morgan fingerprint density at radius 3 is 2.67 bits per heavy atom. The Balaban J connectivity index is 2.26. The van der Waals surface area contributed by atoms with Crippen LogP contribution < -0.4 is 5.32 Å². The minimum absolute atomic E-state index is 0.0297. The Hall–Kier alpha value is -2.02. The number of carbonyl (C=O) groups is 1. The molecule has 1 aliphatic rings. The summed E-state index contributed by atoms with van der Waals surface area (Å²) in [6, 6.07) is 3.09. The Morgan fingerprint density at radius 1 is 1.43 bits per heavy atom. The number of piperidine rings is 1. The third-order valence-electron chi connectivity index (χ3n) is 3.69. The topological polar surface area (TPSA) is 75.5 Å². The number of carbonyl (C=O) groups excluding carboxylic acids is 1. The van der Waals surface area contributed by atoms with Crippen LogP contribution in [-0.4, -0.2) is 41.4 Å². The van der Waals surface area contributed by atoms with E-state index in [1.165, 1.54) is 0 Å². The fourth-order valence-electron chi connectivity index (χ4n) is 2.65. The average Bonchev–Trinajstić information content (AvgIpc) is 2.48. The molecule has 1 saturated heterocycles. The summed E-state index contributed by atoms with van der Waals surface area (Å²) in [6.07, 6.45) is 1.66. The van der Waals surface area contributed by atoms with Crippen molar-refractivity contribution in [3.05, 3.63) is 39.7 Å². The average molecular weight is 295 g/mol. The number of amides is 1. The van der Waals surface area contributed by atoms with Gasteiger partial charge in [0.05, 0.1) is 11.0 Å². The van der Waals surface area contributed by atoms with E-state index >= 15 is 0 Å². The zero-order chi connectivity index (χ0) is 15.4. The molecule has 21 heavy (non-hydrogen) atoms. The normalized spacial score (nSPS) is 15.7. The van der Waals surface area contributed by atoms with Crippen LogP contribution in [-0.2, 0) is 0 Å². The van der Waals surface area contributed by atoms with Gasteiger partial charge >= 0.3 is 0 Å². The van der Waals surface area contributed by atoms with Gasteiger partial charge in [-0.15, -0.1) is 0 Å². The summed E-state index contributed by atoms with van der Waals surface area (Å²) in [5.41, 5.74) is -0.373. The fraction of sp³-hybridized carbons (Fsp3) is 0.500. The summed E-state index contributed by atoms with van der Waals surface area (Å²) in [7, 11) is 0. The molecule has 1 aliphatic heterocycles. The number of nitrogens with one attached hydrogen (secondary N) is 1. The molecule has 0 aliphatic carbocycles. The zero-order valence-electron chi connectivity index (χ0n) is 11.8. The van der Waals surface area contributed by atoms with Crippen molar-refractivity contribution in [1.82, 2.24) is 10.2 Å². The second-order valence-electron chi connectivity index (χ2n) is 5.03. The van der Waals surface area contributed by atoms with Gasteiger partial charge in [-0.3, -0.25) is 14.9 Å². The first-order valence-electron chi connectivity index (χ1n) is 6.99. The van der Waals surface area contributed by atoms with Crippen molar-refractivity contribution >= 4 is 11.6 Å². The Kier molecular flexibility index (Phi) is 4.85. The van der Waals surface area contributed by atoms with Crippen LogP contribution in [0.15, 0.2) is 18.2 Å². The lowest BCUT2D eigenvalue weighted by molar-refractivity contribution is -0.385. The molecule has 0 atom stereocenters. The summed E-state index contributed by atoms with van der Waals surface area (Å²) in [5, 5.41) is 14.0. The molecule has 0 unspecified atom stereocenters. The van der Waals surface area contributed by atoms with Crippen molar-refractivity contribution < 1.29 is 14.1 Å². The van der Waals surface area contributed by atoms with Gasteiger partial charge in [0.2, 0.25) is 0 Å². The van der Waals surface area contributed by atoms with E-state index in [0.29, 0.717) is 6.54 Å². The van der Waals surface area contributed by atoms with Gasteiger partial charge in [-0.2, -0.15) is 0 Å². The molecule has 0 saturated carbocycles. The third-order valence-corrected chi connectivity index (χ3v) is 3.69. The van der Waals surface area contributed by atoms with Crippen molar-refractivity contribution in [2.75, 3.05) is 19.6 Å². The van der Waals surface area contributed by atoms with Crippen LogP contribution in [0.2, 0.25) is 0 Å². The maximum atomic E-state index is 13.5. The first kappa shape index (κ1) is 15.4. The van der Waals surface area contributed by atoms with Gasteiger partial charge in [0.15, 0.2) is 0 Å². The molecule has 1 fully saturated rings. The standard InChI is InChI=1S/C14H18FN3O3/c1-2-17(12-3-5-16-6-4-12)14(19)10-7-11(15)9-13(8-10)18(20)21/h7-9,12,16H,2-6H2,1H3. The van der Waals surface area contributed by atoms with Crippen molar-refractivity contribution in [3.8, 4) is 0 Å². The summed E-state index contributed by atoms with van der Waals surface area (Å²) in [5.74, 6) is -1.12. The van der Waals surface area contributed by atoms with E-state index in [2.05, 4.69) is 5.32 Å². The predicted octanol–water partition coefficient (Wildman–Crippen LogP) is 1.95.